The van der Waals surface area contributed by atoms with E-state index in [0.29, 0.717) is 0 Å². The van der Waals surface area contributed by atoms with Crippen molar-refractivity contribution in [3.8, 4) is 0 Å². The molecule has 0 N–H and O–H groups in total. The number of ketones is 1. The molecule has 0 unspecified atom stereocenters. The van der Waals surface area contributed by atoms with E-state index in [0.717, 1.165) is 0 Å². The first kappa shape index (κ1) is 8.49. The van der Waals surface area contributed by atoms with Crippen LogP contribution in [0.4, 0.5) is 8.78 Å². The van der Waals surface area contributed by atoms with Crippen LogP contribution in [0.2, 0.25) is 0 Å². The van der Waals surface area contributed by atoms with Crippen LogP contribution in [0.15, 0.2) is 0 Å². The van der Waals surface area contributed by atoms with Crippen molar-refractivity contribution in [3.63, 3.8) is 0 Å². The Morgan fingerprint density at radius 2 is 2.00 bits per heavy atom. The molecular formula is C3H2Br2F2O. The van der Waals surface area contributed by atoms with E-state index in [1.165, 1.54) is 0 Å². The van der Waals surface area contributed by atoms with E-state index in [9.17, 15) is 13.6 Å². The molecule has 48 valence electrons. The lowest BCUT2D eigenvalue weighted by Gasteiger charge is -2.01. The van der Waals surface area contributed by atoms with Crippen molar-refractivity contribution in [2.75, 3.05) is 5.33 Å². The quantitative estimate of drug-likeness (QED) is 0.686. The van der Waals surface area contributed by atoms with Gasteiger partial charge in [0.1, 0.15) is 0 Å². The summed E-state index contributed by atoms with van der Waals surface area (Å²) in [4.78, 5) is 6.62. The average Bonchev–Trinajstić information content (AvgIpc) is 1.62. The van der Waals surface area contributed by atoms with Crippen LogP contribution in [-0.4, -0.2) is 15.9 Å². The van der Waals surface area contributed by atoms with E-state index < -0.39 is 10.6 Å². The number of hydrogen-bond donors (Lipinski definition) is 0. The predicted molar refractivity (Wildman–Crippen MR) is 32.7 cm³/mol. The summed E-state index contributed by atoms with van der Waals surface area (Å²) < 4.78 is 23.3. The van der Waals surface area contributed by atoms with Crippen molar-refractivity contribution in [2.45, 2.75) is 4.83 Å². The first-order chi connectivity index (χ1) is 3.48. The Hall–Kier alpha value is 0.490. The molecule has 0 radical (unpaired) electrons. The maximum atomic E-state index is 11.7. The number of hydrogen-bond acceptors (Lipinski definition) is 1. The van der Waals surface area contributed by atoms with E-state index in [4.69, 9.17) is 0 Å². The molecule has 0 aliphatic rings. The molecule has 8 heavy (non-hydrogen) atoms. The largest absolute Gasteiger partial charge is 0.359 e. The predicted octanol–water partition coefficient (Wildman–Crippen LogP) is 1.94. The van der Waals surface area contributed by atoms with Crippen molar-refractivity contribution in [1.29, 1.82) is 0 Å². The average molecular weight is 252 g/mol. The highest BCUT2D eigenvalue weighted by Crippen LogP contribution is 2.22. The second kappa shape index (κ2) is 2.87. The highest BCUT2D eigenvalue weighted by Gasteiger charge is 2.32. The van der Waals surface area contributed by atoms with Gasteiger partial charge in [-0.15, -0.1) is 0 Å². The minimum absolute atomic E-state index is 0.328. The maximum absolute atomic E-state index is 11.7. The zero-order valence-corrected chi connectivity index (χ0v) is 6.80. The van der Waals surface area contributed by atoms with Crippen molar-refractivity contribution in [1.82, 2.24) is 0 Å². The Bertz CT molecular complexity index is 97.9. The number of carbonyl (C=O) groups excluding carboxylic acids is 1. The lowest BCUT2D eigenvalue weighted by atomic mass is 10.5. The molecule has 0 amide bonds. The van der Waals surface area contributed by atoms with Crippen molar-refractivity contribution < 1.29 is 13.6 Å². The van der Waals surface area contributed by atoms with Gasteiger partial charge in [0.15, 0.2) is 0 Å². The first-order valence-corrected chi connectivity index (χ1v) is 3.56. The smallest absolute Gasteiger partial charge is 0.291 e. The van der Waals surface area contributed by atoms with Crippen molar-refractivity contribution >= 4 is 37.6 Å². The van der Waals surface area contributed by atoms with Crippen LogP contribution in [0.3, 0.4) is 0 Å². The van der Waals surface area contributed by atoms with Crippen LogP contribution in [0.1, 0.15) is 0 Å². The summed E-state index contributed by atoms with van der Waals surface area (Å²) in [5.74, 6) is -1.17. The molecule has 0 spiro atoms. The topological polar surface area (TPSA) is 17.1 Å². The summed E-state index contributed by atoms with van der Waals surface area (Å²) in [5, 5.41) is -0.328. The molecule has 0 aromatic heterocycles. The summed E-state index contributed by atoms with van der Waals surface area (Å²) in [6.45, 7) is 0. The molecule has 0 heterocycles. The van der Waals surface area contributed by atoms with Gasteiger partial charge in [0.05, 0.1) is 5.33 Å². The zero-order chi connectivity index (χ0) is 6.78. The van der Waals surface area contributed by atoms with Gasteiger partial charge in [-0.1, -0.05) is 15.9 Å². The summed E-state index contributed by atoms with van der Waals surface area (Å²) in [6, 6.07) is 0. The van der Waals surface area contributed by atoms with E-state index in [1.807, 2.05) is 15.9 Å². The third-order valence-electron chi connectivity index (χ3n) is 0.438. The van der Waals surface area contributed by atoms with E-state index in [1.54, 1.807) is 0 Å². The molecular weight excluding hydrogens is 250 g/mol. The highest BCUT2D eigenvalue weighted by molar-refractivity contribution is 9.10. The fourth-order valence-electron chi connectivity index (χ4n) is 0.0758. The lowest BCUT2D eigenvalue weighted by Crippen LogP contribution is -2.21. The van der Waals surface area contributed by atoms with Crippen LogP contribution in [-0.2, 0) is 4.79 Å². The Labute approximate surface area is 61.7 Å². The third-order valence-corrected chi connectivity index (χ3v) is 1.39. The zero-order valence-electron chi connectivity index (χ0n) is 3.63. The van der Waals surface area contributed by atoms with Crippen LogP contribution < -0.4 is 0 Å². The molecule has 5 heteroatoms. The van der Waals surface area contributed by atoms with Gasteiger partial charge in [0, 0.05) is 0 Å². The van der Waals surface area contributed by atoms with Gasteiger partial charge in [-0.05, 0) is 15.9 Å². The summed E-state index contributed by atoms with van der Waals surface area (Å²) >= 11 is 4.48. The fourth-order valence-corrected chi connectivity index (χ4v) is 0.944. The third kappa shape index (κ3) is 2.71. The molecule has 0 fully saturated rings. The highest BCUT2D eigenvalue weighted by atomic mass is 79.9. The van der Waals surface area contributed by atoms with Crippen LogP contribution >= 0.6 is 31.9 Å². The van der Waals surface area contributed by atoms with Gasteiger partial charge in [-0.25, -0.2) is 0 Å². The molecule has 1 nitrogen and oxygen atoms in total. The SMILES string of the molecule is O=C(CBr)C(F)(F)Br. The maximum Gasteiger partial charge on any atom is 0.359 e. The number of alkyl halides is 4. The molecule has 0 saturated carbocycles. The Morgan fingerprint density at radius 1 is 1.62 bits per heavy atom. The number of Topliss-reactive ketones (excluding diaryl/α,β-unsaturated/α-hetero) is 1. The van der Waals surface area contributed by atoms with Crippen molar-refractivity contribution in [3.05, 3.63) is 0 Å². The first-order valence-electron chi connectivity index (χ1n) is 1.64. The van der Waals surface area contributed by atoms with Crippen LogP contribution in [0.5, 0.6) is 0 Å². The van der Waals surface area contributed by atoms with Gasteiger partial charge in [-0.3, -0.25) is 4.79 Å². The number of carbonyl (C=O) groups is 1. The minimum atomic E-state index is -3.36. The van der Waals surface area contributed by atoms with E-state index in [-0.39, 0.29) is 5.33 Å². The molecule has 0 aliphatic carbocycles. The second-order valence-electron chi connectivity index (χ2n) is 1.05. The van der Waals surface area contributed by atoms with E-state index >= 15 is 0 Å². The van der Waals surface area contributed by atoms with Gasteiger partial charge in [-0.2, -0.15) is 8.78 Å². The summed E-state index contributed by atoms with van der Waals surface area (Å²) in [5.41, 5.74) is 0. The van der Waals surface area contributed by atoms with Crippen LogP contribution in [0.25, 0.3) is 0 Å². The molecule has 0 atom stereocenters. The van der Waals surface area contributed by atoms with Gasteiger partial charge in [0.2, 0.25) is 5.78 Å². The molecule has 0 aliphatic heterocycles. The summed E-state index contributed by atoms with van der Waals surface area (Å²) in [6.07, 6.45) is 0. The van der Waals surface area contributed by atoms with Gasteiger partial charge < -0.3 is 0 Å². The molecule has 0 aromatic carbocycles. The van der Waals surface area contributed by atoms with Crippen molar-refractivity contribution in [2.24, 2.45) is 0 Å². The normalized spacial score (nSPS) is 11.5. The Kier molecular flexibility index (Phi) is 3.04. The monoisotopic (exact) mass is 250 g/mol. The minimum Gasteiger partial charge on any atom is -0.291 e. The van der Waals surface area contributed by atoms with Gasteiger partial charge in [0.25, 0.3) is 0 Å². The van der Waals surface area contributed by atoms with E-state index in [2.05, 4.69) is 15.9 Å². The number of rotatable bonds is 2. The number of halogens is 4. The standard InChI is InChI=1S/C3H2Br2F2O/c4-1-2(8)3(5,6)7/h1H2. The fraction of sp³-hybridized carbons (Fsp3) is 0.667. The van der Waals surface area contributed by atoms with Gasteiger partial charge >= 0.3 is 4.83 Å². The molecule has 0 rings (SSSR count). The summed E-state index contributed by atoms with van der Waals surface area (Å²) in [7, 11) is 0. The molecule has 0 saturated heterocycles. The Morgan fingerprint density at radius 3 is 2.00 bits per heavy atom. The molecule has 0 bridgehead atoms. The van der Waals surface area contributed by atoms with Crippen LogP contribution in [0, 0.1) is 0 Å². The lowest BCUT2D eigenvalue weighted by molar-refractivity contribution is -0.128. The Balaban J connectivity index is 3.82. The molecule has 0 aromatic rings. The second-order valence-corrected chi connectivity index (χ2v) is 2.61.